The third-order valence-electron chi connectivity index (χ3n) is 2.81. The number of methoxy groups -OCH3 is 1. The number of nitrogens with zero attached hydrogens (tertiary/aromatic N) is 1. The number of aromatic nitrogens is 1. The smallest absolute Gasteiger partial charge is 0.0613 e. The summed E-state index contributed by atoms with van der Waals surface area (Å²) in [7, 11) is 1.72. The van der Waals surface area contributed by atoms with E-state index in [2.05, 4.69) is 35.4 Å². The Bertz CT molecular complexity index is 479. The van der Waals surface area contributed by atoms with E-state index >= 15 is 0 Å². The zero-order valence-electron chi connectivity index (χ0n) is 10.3. The molecule has 0 aliphatic rings. The van der Waals surface area contributed by atoms with E-state index in [0.717, 1.165) is 13.2 Å². The molecule has 0 aliphatic heterocycles. The number of pyridine rings is 1. The highest BCUT2D eigenvalue weighted by molar-refractivity contribution is 5.84. The number of hydrogen-bond acceptors (Lipinski definition) is 3. The van der Waals surface area contributed by atoms with Crippen molar-refractivity contribution in [1.29, 1.82) is 0 Å². The van der Waals surface area contributed by atoms with Crippen molar-refractivity contribution in [3.63, 3.8) is 0 Å². The van der Waals surface area contributed by atoms with E-state index in [1.807, 2.05) is 18.5 Å². The number of fused-ring (bicyclic) bond motifs is 1. The molecule has 1 N–H and O–H groups in total. The lowest BCUT2D eigenvalue weighted by molar-refractivity contribution is 0.172. The molecule has 1 heterocycles. The third-order valence-corrected chi connectivity index (χ3v) is 2.81. The Hall–Kier alpha value is -1.45. The zero-order chi connectivity index (χ0) is 12.1. The van der Waals surface area contributed by atoms with E-state index in [9.17, 15) is 0 Å². The van der Waals surface area contributed by atoms with Gasteiger partial charge in [-0.05, 0) is 17.9 Å². The number of rotatable bonds is 5. The highest BCUT2D eigenvalue weighted by Crippen LogP contribution is 2.16. The Morgan fingerprint density at radius 1 is 1.29 bits per heavy atom. The topological polar surface area (TPSA) is 34.1 Å². The van der Waals surface area contributed by atoms with Gasteiger partial charge >= 0.3 is 0 Å². The lowest BCUT2D eigenvalue weighted by Gasteiger charge is -2.13. The fourth-order valence-corrected chi connectivity index (χ4v) is 1.91. The van der Waals surface area contributed by atoms with E-state index in [-0.39, 0.29) is 0 Å². The molecular formula is C14H18N2O. The summed E-state index contributed by atoms with van der Waals surface area (Å²) in [5.74, 6) is 0. The van der Waals surface area contributed by atoms with Crippen LogP contribution in [-0.4, -0.2) is 24.7 Å². The monoisotopic (exact) mass is 230 g/mol. The molecule has 0 amide bonds. The Morgan fingerprint density at radius 3 is 2.94 bits per heavy atom. The maximum Gasteiger partial charge on any atom is 0.0613 e. The van der Waals surface area contributed by atoms with E-state index in [0.29, 0.717) is 6.04 Å². The van der Waals surface area contributed by atoms with E-state index in [1.165, 1.54) is 16.3 Å². The van der Waals surface area contributed by atoms with Gasteiger partial charge in [-0.25, -0.2) is 0 Å². The van der Waals surface area contributed by atoms with Crippen LogP contribution >= 0.6 is 0 Å². The fourth-order valence-electron chi connectivity index (χ4n) is 1.91. The molecule has 1 aromatic heterocycles. The first-order valence-corrected chi connectivity index (χ1v) is 5.85. The summed E-state index contributed by atoms with van der Waals surface area (Å²) < 4.78 is 5.10. The maximum absolute atomic E-state index is 5.10. The molecule has 90 valence electrons. The number of benzene rings is 1. The van der Waals surface area contributed by atoms with Gasteiger partial charge in [-0.1, -0.05) is 24.3 Å². The largest absolute Gasteiger partial charge is 0.383 e. The van der Waals surface area contributed by atoms with Gasteiger partial charge in [-0.15, -0.1) is 0 Å². The predicted molar refractivity (Wildman–Crippen MR) is 69.9 cm³/mol. The quantitative estimate of drug-likeness (QED) is 0.856. The van der Waals surface area contributed by atoms with Crippen molar-refractivity contribution in [2.45, 2.75) is 19.5 Å². The molecule has 0 saturated carbocycles. The van der Waals surface area contributed by atoms with Crippen LogP contribution in [0.15, 0.2) is 36.7 Å². The highest BCUT2D eigenvalue weighted by Gasteiger charge is 2.03. The number of hydrogen-bond donors (Lipinski definition) is 1. The van der Waals surface area contributed by atoms with Crippen LogP contribution in [0.5, 0.6) is 0 Å². The summed E-state index contributed by atoms with van der Waals surface area (Å²) in [5.41, 5.74) is 1.23. The summed E-state index contributed by atoms with van der Waals surface area (Å²) in [6, 6.07) is 8.66. The Balaban J connectivity index is 2.13. The van der Waals surface area contributed by atoms with Crippen molar-refractivity contribution < 1.29 is 4.74 Å². The Kier molecular flexibility index (Phi) is 4.07. The van der Waals surface area contributed by atoms with Gasteiger partial charge in [0.1, 0.15) is 0 Å². The summed E-state index contributed by atoms with van der Waals surface area (Å²) >= 11 is 0. The van der Waals surface area contributed by atoms with Crippen molar-refractivity contribution in [3.05, 3.63) is 42.2 Å². The molecule has 2 aromatic rings. The molecule has 0 saturated heterocycles. The number of nitrogens with one attached hydrogen (secondary N) is 1. The van der Waals surface area contributed by atoms with E-state index in [1.54, 1.807) is 7.11 Å². The minimum Gasteiger partial charge on any atom is -0.383 e. The number of ether oxygens (including phenoxy) is 1. The van der Waals surface area contributed by atoms with Gasteiger partial charge in [0.2, 0.25) is 0 Å². The molecule has 0 spiro atoms. The first-order chi connectivity index (χ1) is 8.31. The van der Waals surface area contributed by atoms with Crippen molar-refractivity contribution in [3.8, 4) is 0 Å². The van der Waals surface area contributed by atoms with Crippen LogP contribution in [0.4, 0.5) is 0 Å². The lowest BCUT2D eigenvalue weighted by Crippen LogP contribution is -2.29. The summed E-state index contributed by atoms with van der Waals surface area (Å²) in [4.78, 5) is 4.27. The first-order valence-electron chi connectivity index (χ1n) is 5.85. The van der Waals surface area contributed by atoms with Gasteiger partial charge in [0.25, 0.3) is 0 Å². The van der Waals surface area contributed by atoms with Crippen LogP contribution in [0.1, 0.15) is 12.5 Å². The van der Waals surface area contributed by atoms with Crippen LogP contribution in [0, 0.1) is 0 Å². The molecule has 3 heteroatoms. The summed E-state index contributed by atoms with van der Waals surface area (Å²) in [6.07, 6.45) is 3.83. The first kappa shape index (κ1) is 12.0. The average molecular weight is 230 g/mol. The van der Waals surface area contributed by atoms with Gasteiger partial charge in [-0.3, -0.25) is 4.98 Å². The minimum atomic E-state index is 0.346. The van der Waals surface area contributed by atoms with E-state index < -0.39 is 0 Å². The van der Waals surface area contributed by atoms with E-state index in [4.69, 9.17) is 4.74 Å². The predicted octanol–water partition coefficient (Wildman–Crippen LogP) is 2.36. The second kappa shape index (κ2) is 5.75. The van der Waals surface area contributed by atoms with Gasteiger partial charge in [0, 0.05) is 37.5 Å². The van der Waals surface area contributed by atoms with Gasteiger partial charge in [-0.2, -0.15) is 0 Å². The standard InChI is InChI=1S/C14H18N2O/c1-11(10-17-2)16-9-13-8-15-7-12-5-3-4-6-14(12)13/h3-8,11,16H,9-10H2,1-2H3. The molecule has 1 atom stereocenters. The minimum absolute atomic E-state index is 0.346. The summed E-state index contributed by atoms with van der Waals surface area (Å²) in [5, 5.41) is 5.88. The van der Waals surface area contributed by atoms with Crippen molar-refractivity contribution >= 4 is 10.8 Å². The Labute approximate surface area is 102 Å². The van der Waals surface area contributed by atoms with Crippen molar-refractivity contribution in [2.75, 3.05) is 13.7 Å². The fraction of sp³-hybridized carbons (Fsp3) is 0.357. The van der Waals surface area contributed by atoms with Gasteiger partial charge in [0.05, 0.1) is 6.61 Å². The van der Waals surface area contributed by atoms with Gasteiger partial charge in [0.15, 0.2) is 0 Å². The molecule has 0 bridgehead atoms. The summed E-state index contributed by atoms with van der Waals surface area (Å²) in [6.45, 7) is 3.65. The molecule has 1 aromatic carbocycles. The molecule has 17 heavy (non-hydrogen) atoms. The van der Waals surface area contributed by atoms with Gasteiger partial charge < -0.3 is 10.1 Å². The molecule has 2 rings (SSSR count). The Morgan fingerprint density at radius 2 is 2.12 bits per heavy atom. The van der Waals surface area contributed by atoms with Crippen LogP contribution in [0.25, 0.3) is 10.8 Å². The highest BCUT2D eigenvalue weighted by atomic mass is 16.5. The molecule has 0 radical (unpaired) electrons. The molecule has 0 aliphatic carbocycles. The molecule has 1 unspecified atom stereocenters. The SMILES string of the molecule is COCC(C)NCc1cncc2ccccc12. The van der Waals surface area contributed by atoms with Crippen LogP contribution in [0.3, 0.4) is 0 Å². The van der Waals surface area contributed by atoms with Crippen LogP contribution in [0.2, 0.25) is 0 Å². The molecule has 0 fully saturated rings. The lowest BCUT2D eigenvalue weighted by atomic mass is 10.1. The normalized spacial score (nSPS) is 12.8. The van der Waals surface area contributed by atoms with Crippen LogP contribution < -0.4 is 5.32 Å². The molecular weight excluding hydrogens is 212 g/mol. The van der Waals surface area contributed by atoms with Crippen molar-refractivity contribution in [2.24, 2.45) is 0 Å². The third kappa shape index (κ3) is 3.02. The molecule has 3 nitrogen and oxygen atoms in total. The zero-order valence-corrected chi connectivity index (χ0v) is 10.3. The van der Waals surface area contributed by atoms with Crippen LogP contribution in [-0.2, 0) is 11.3 Å². The van der Waals surface area contributed by atoms with Crippen molar-refractivity contribution in [1.82, 2.24) is 10.3 Å². The second-order valence-electron chi connectivity index (χ2n) is 4.26. The average Bonchev–Trinajstić information content (AvgIpc) is 2.36. The second-order valence-corrected chi connectivity index (χ2v) is 4.26. The maximum atomic E-state index is 5.10.